The molecule has 2 aromatic rings. The van der Waals surface area contributed by atoms with Crippen LogP contribution in [0.1, 0.15) is 30.4 Å². The van der Waals surface area contributed by atoms with Crippen molar-refractivity contribution in [3.63, 3.8) is 0 Å². The maximum Gasteiger partial charge on any atom is 0.312 e. The second kappa shape index (κ2) is 9.08. The Kier molecular flexibility index (Phi) is 6.83. The summed E-state index contributed by atoms with van der Waals surface area (Å²) in [6.45, 7) is 1.66. The Labute approximate surface area is 150 Å². The van der Waals surface area contributed by atoms with Gasteiger partial charge in [0.25, 0.3) is 0 Å². The molecule has 0 aliphatic rings. The molecule has 2 aromatic carbocycles. The van der Waals surface area contributed by atoms with Gasteiger partial charge in [0.2, 0.25) is 5.91 Å². The third-order valence-electron chi connectivity index (χ3n) is 4.25. The summed E-state index contributed by atoms with van der Waals surface area (Å²) in [4.78, 5) is 23.6. The number of amides is 1. The van der Waals surface area contributed by atoms with Crippen molar-refractivity contribution in [2.45, 2.75) is 25.7 Å². The monoisotopic (exact) mass is 361 g/mol. The molecule has 0 fully saturated rings. The molecule has 2 unspecified atom stereocenters. The van der Waals surface area contributed by atoms with E-state index in [4.69, 9.17) is 0 Å². The highest BCUT2D eigenvalue weighted by molar-refractivity contribution is 5.81. The zero-order valence-electron chi connectivity index (χ0n) is 14.4. The number of halogens is 2. The zero-order valence-corrected chi connectivity index (χ0v) is 14.4. The van der Waals surface area contributed by atoms with Crippen LogP contribution in [0.4, 0.5) is 8.78 Å². The van der Waals surface area contributed by atoms with Crippen LogP contribution in [0.2, 0.25) is 0 Å². The molecule has 0 saturated heterocycles. The summed E-state index contributed by atoms with van der Waals surface area (Å²) in [5, 5.41) is 12.0. The molecule has 0 spiro atoms. The average molecular weight is 361 g/mol. The smallest absolute Gasteiger partial charge is 0.312 e. The molecule has 138 valence electrons. The van der Waals surface area contributed by atoms with Crippen LogP contribution < -0.4 is 5.32 Å². The molecule has 2 N–H and O–H groups in total. The number of carbonyl (C=O) groups excluding carboxylic acids is 1. The second-order valence-corrected chi connectivity index (χ2v) is 6.26. The Balaban J connectivity index is 1.88. The van der Waals surface area contributed by atoms with Gasteiger partial charge in [0.05, 0.1) is 5.92 Å². The lowest BCUT2D eigenvalue weighted by atomic mass is 9.97. The predicted molar refractivity (Wildman–Crippen MR) is 93.7 cm³/mol. The van der Waals surface area contributed by atoms with Gasteiger partial charge >= 0.3 is 5.97 Å². The molecule has 26 heavy (non-hydrogen) atoms. The molecule has 0 aliphatic carbocycles. The van der Waals surface area contributed by atoms with Crippen LogP contribution in [0, 0.1) is 17.6 Å². The van der Waals surface area contributed by atoms with Crippen molar-refractivity contribution in [1.29, 1.82) is 0 Å². The van der Waals surface area contributed by atoms with E-state index in [1.54, 1.807) is 19.1 Å². The first-order valence-corrected chi connectivity index (χ1v) is 8.37. The quantitative estimate of drug-likeness (QED) is 0.756. The van der Waals surface area contributed by atoms with Gasteiger partial charge in [0, 0.05) is 12.5 Å². The van der Waals surface area contributed by atoms with Crippen molar-refractivity contribution in [2.75, 3.05) is 6.54 Å². The molecule has 2 rings (SSSR count). The van der Waals surface area contributed by atoms with E-state index in [2.05, 4.69) is 5.32 Å². The Morgan fingerprint density at radius 3 is 2.38 bits per heavy atom. The van der Waals surface area contributed by atoms with E-state index in [-0.39, 0.29) is 24.2 Å². The summed E-state index contributed by atoms with van der Waals surface area (Å²) in [6.07, 6.45) is 1.07. The van der Waals surface area contributed by atoms with Gasteiger partial charge in [-0.2, -0.15) is 0 Å². The Bertz CT molecular complexity index is 762. The van der Waals surface area contributed by atoms with Crippen LogP contribution in [-0.2, 0) is 16.0 Å². The normalized spacial score (nSPS) is 13.0. The number of carboxylic acid groups (broad SMARTS) is 1. The second-order valence-electron chi connectivity index (χ2n) is 6.26. The van der Waals surface area contributed by atoms with Crippen molar-refractivity contribution >= 4 is 11.9 Å². The molecule has 0 bridgehead atoms. The fourth-order valence-electron chi connectivity index (χ4n) is 2.63. The Morgan fingerprint density at radius 2 is 1.77 bits per heavy atom. The highest BCUT2D eigenvalue weighted by Crippen LogP contribution is 2.17. The van der Waals surface area contributed by atoms with E-state index in [1.165, 1.54) is 36.4 Å². The van der Waals surface area contributed by atoms with E-state index >= 15 is 0 Å². The van der Waals surface area contributed by atoms with Crippen molar-refractivity contribution in [1.82, 2.24) is 5.32 Å². The minimum absolute atomic E-state index is 0.0793. The molecule has 0 heterocycles. The number of rotatable bonds is 8. The first-order chi connectivity index (χ1) is 12.4. The van der Waals surface area contributed by atoms with E-state index in [0.717, 1.165) is 5.56 Å². The van der Waals surface area contributed by atoms with E-state index in [9.17, 15) is 23.5 Å². The first kappa shape index (κ1) is 19.6. The molecule has 6 heteroatoms. The standard InChI is InChI=1S/C20H21F2NO3/c1-13(5-6-14-3-2-4-17(22)11-14)19(24)23-12-18(20(25)26)15-7-9-16(21)10-8-15/h2-4,7-11,13,18H,5-6,12H2,1H3,(H,23,24)(H,25,26). The largest absolute Gasteiger partial charge is 0.481 e. The fourth-order valence-corrected chi connectivity index (χ4v) is 2.63. The third-order valence-corrected chi connectivity index (χ3v) is 4.25. The number of hydrogen-bond acceptors (Lipinski definition) is 2. The summed E-state index contributed by atoms with van der Waals surface area (Å²) < 4.78 is 26.1. The molecular formula is C20H21F2NO3. The summed E-state index contributed by atoms with van der Waals surface area (Å²) in [7, 11) is 0. The number of aliphatic carboxylic acids is 1. The zero-order chi connectivity index (χ0) is 19.1. The van der Waals surface area contributed by atoms with Crippen molar-refractivity contribution in [3.8, 4) is 0 Å². The summed E-state index contributed by atoms with van der Waals surface area (Å²) in [6, 6.07) is 11.4. The van der Waals surface area contributed by atoms with Gasteiger partial charge in [-0.1, -0.05) is 31.2 Å². The van der Waals surface area contributed by atoms with E-state index < -0.39 is 17.7 Å². The summed E-state index contributed by atoms with van der Waals surface area (Å²) in [5.74, 6) is -3.42. The minimum atomic E-state index is -1.09. The van der Waals surface area contributed by atoms with Crippen molar-refractivity contribution in [2.24, 2.45) is 5.92 Å². The van der Waals surface area contributed by atoms with Crippen LogP contribution in [0.5, 0.6) is 0 Å². The topological polar surface area (TPSA) is 66.4 Å². The van der Waals surface area contributed by atoms with Crippen LogP contribution >= 0.6 is 0 Å². The Hall–Kier alpha value is -2.76. The van der Waals surface area contributed by atoms with E-state index in [0.29, 0.717) is 18.4 Å². The highest BCUT2D eigenvalue weighted by Gasteiger charge is 2.22. The molecular weight excluding hydrogens is 340 g/mol. The highest BCUT2D eigenvalue weighted by atomic mass is 19.1. The third kappa shape index (κ3) is 5.65. The number of carboxylic acids is 1. The molecule has 2 atom stereocenters. The average Bonchev–Trinajstić information content (AvgIpc) is 2.61. The first-order valence-electron chi connectivity index (χ1n) is 8.37. The summed E-state index contributed by atoms with van der Waals surface area (Å²) >= 11 is 0. The molecule has 0 aliphatic heterocycles. The lowest BCUT2D eigenvalue weighted by Gasteiger charge is -2.16. The lowest BCUT2D eigenvalue weighted by molar-refractivity contribution is -0.138. The maximum atomic E-state index is 13.2. The summed E-state index contributed by atoms with van der Waals surface area (Å²) in [5.41, 5.74) is 1.23. The molecule has 0 aromatic heterocycles. The molecule has 1 amide bonds. The van der Waals surface area contributed by atoms with Gasteiger partial charge in [-0.05, 0) is 48.2 Å². The van der Waals surface area contributed by atoms with Gasteiger partial charge in [0.15, 0.2) is 0 Å². The molecule has 0 radical (unpaired) electrons. The van der Waals surface area contributed by atoms with Gasteiger partial charge in [-0.25, -0.2) is 8.78 Å². The molecule has 4 nitrogen and oxygen atoms in total. The van der Waals surface area contributed by atoms with Crippen LogP contribution in [-0.4, -0.2) is 23.5 Å². The number of benzene rings is 2. The van der Waals surface area contributed by atoms with Crippen molar-refractivity contribution in [3.05, 3.63) is 71.3 Å². The van der Waals surface area contributed by atoms with Crippen molar-refractivity contribution < 1.29 is 23.5 Å². The predicted octanol–water partition coefficient (Wildman–Crippen LogP) is 3.52. The van der Waals surface area contributed by atoms with Gasteiger partial charge in [0.1, 0.15) is 11.6 Å². The van der Waals surface area contributed by atoms with Crippen LogP contribution in [0.25, 0.3) is 0 Å². The number of hydrogen-bond donors (Lipinski definition) is 2. The minimum Gasteiger partial charge on any atom is -0.481 e. The van der Waals surface area contributed by atoms with Crippen LogP contribution in [0.15, 0.2) is 48.5 Å². The number of carbonyl (C=O) groups is 2. The maximum absolute atomic E-state index is 13.2. The fraction of sp³-hybridized carbons (Fsp3) is 0.300. The SMILES string of the molecule is CC(CCc1cccc(F)c1)C(=O)NCC(C(=O)O)c1ccc(F)cc1. The number of nitrogens with one attached hydrogen (secondary N) is 1. The number of aryl methyl sites for hydroxylation is 1. The Morgan fingerprint density at radius 1 is 1.08 bits per heavy atom. The van der Waals surface area contributed by atoms with E-state index in [1.807, 2.05) is 0 Å². The van der Waals surface area contributed by atoms with Gasteiger partial charge in [-0.3, -0.25) is 9.59 Å². The van der Waals surface area contributed by atoms with Gasteiger partial charge in [-0.15, -0.1) is 0 Å². The van der Waals surface area contributed by atoms with Gasteiger partial charge < -0.3 is 10.4 Å². The van der Waals surface area contributed by atoms with Crippen LogP contribution in [0.3, 0.4) is 0 Å². The molecule has 0 saturated carbocycles. The lowest BCUT2D eigenvalue weighted by Crippen LogP contribution is -2.35.